The fraction of sp³-hybridized carbons (Fsp3) is 0.391. The monoisotopic (exact) mass is 380 g/mol. The largest absolute Gasteiger partial charge is 0.351 e. The van der Waals surface area contributed by atoms with Gasteiger partial charge in [0.25, 0.3) is 0 Å². The number of anilines is 1. The van der Waals surface area contributed by atoms with E-state index in [-0.39, 0.29) is 17.6 Å². The van der Waals surface area contributed by atoms with E-state index in [0.717, 1.165) is 55.5 Å². The minimum absolute atomic E-state index is 0.00963. The van der Waals surface area contributed by atoms with Crippen molar-refractivity contribution in [3.05, 3.63) is 65.5 Å². The quantitative estimate of drug-likeness (QED) is 0.850. The van der Waals surface area contributed by atoms with Gasteiger partial charge in [-0.25, -0.2) is 4.39 Å². The van der Waals surface area contributed by atoms with E-state index < -0.39 is 5.41 Å². The Bertz CT molecular complexity index is 855. The van der Waals surface area contributed by atoms with Crippen molar-refractivity contribution in [2.24, 2.45) is 0 Å². The Morgan fingerprint density at radius 1 is 1.00 bits per heavy atom. The molecular formula is C23H25FN2O2. The fourth-order valence-corrected chi connectivity index (χ4v) is 4.46. The molecule has 4 rings (SSSR count). The normalized spacial score (nSPS) is 18.5. The Kier molecular flexibility index (Phi) is 5.16. The number of benzene rings is 2. The van der Waals surface area contributed by atoms with E-state index in [1.54, 1.807) is 12.1 Å². The van der Waals surface area contributed by atoms with Crippen LogP contribution in [0.5, 0.6) is 0 Å². The predicted octanol–water partition coefficient (Wildman–Crippen LogP) is 4.08. The van der Waals surface area contributed by atoms with E-state index in [0.29, 0.717) is 13.0 Å². The molecule has 0 bridgehead atoms. The van der Waals surface area contributed by atoms with Gasteiger partial charge >= 0.3 is 0 Å². The first-order valence-electron chi connectivity index (χ1n) is 10.0. The van der Waals surface area contributed by atoms with Gasteiger partial charge in [0.05, 0.1) is 5.41 Å². The highest BCUT2D eigenvalue weighted by Gasteiger charge is 2.42. The standard InChI is InChI=1S/C23H25FN2O2/c24-19-9-7-18(8-10-19)23(13-1-2-14-23)22(28)25-16-17-5-11-20(12-6-17)26-15-3-4-21(26)27/h5-12H,1-4,13-16H2,(H,25,28). The number of rotatable bonds is 5. The molecule has 2 aromatic carbocycles. The molecule has 1 saturated heterocycles. The summed E-state index contributed by atoms with van der Waals surface area (Å²) >= 11 is 0. The van der Waals surface area contributed by atoms with Crippen LogP contribution >= 0.6 is 0 Å². The smallest absolute Gasteiger partial charge is 0.230 e. The summed E-state index contributed by atoms with van der Waals surface area (Å²) in [6.45, 7) is 1.21. The molecule has 28 heavy (non-hydrogen) atoms. The summed E-state index contributed by atoms with van der Waals surface area (Å²) in [4.78, 5) is 26.8. The zero-order chi connectivity index (χ0) is 19.6. The molecular weight excluding hydrogens is 355 g/mol. The Hall–Kier alpha value is -2.69. The van der Waals surface area contributed by atoms with Crippen LogP contribution in [0.25, 0.3) is 0 Å². The summed E-state index contributed by atoms with van der Waals surface area (Å²) in [7, 11) is 0. The van der Waals surface area contributed by atoms with E-state index in [1.165, 1.54) is 12.1 Å². The van der Waals surface area contributed by atoms with Gasteiger partial charge in [-0.1, -0.05) is 37.1 Å². The first kappa shape index (κ1) is 18.7. The number of hydrogen-bond acceptors (Lipinski definition) is 2. The van der Waals surface area contributed by atoms with E-state index in [4.69, 9.17) is 0 Å². The number of nitrogens with zero attached hydrogens (tertiary/aromatic N) is 1. The maximum Gasteiger partial charge on any atom is 0.230 e. The number of hydrogen-bond donors (Lipinski definition) is 1. The van der Waals surface area contributed by atoms with Crippen LogP contribution in [0.1, 0.15) is 49.7 Å². The lowest BCUT2D eigenvalue weighted by atomic mass is 9.78. The summed E-state index contributed by atoms with van der Waals surface area (Å²) in [5.74, 6) is -0.104. The minimum atomic E-state index is -0.560. The molecule has 2 amide bonds. The van der Waals surface area contributed by atoms with Crippen LogP contribution in [-0.4, -0.2) is 18.4 Å². The van der Waals surface area contributed by atoms with Crippen molar-refractivity contribution in [1.82, 2.24) is 5.32 Å². The second kappa shape index (κ2) is 7.74. The number of nitrogens with one attached hydrogen (secondary N) is 1. The van der Waals surface area contributed by atoms with Gasteiger partial charge in [-0.05, 0) is 54.7 Å². The molecule has 1 aliphatic carbocycles. The lowest BCUT2D eigenvalue weighted by Gasteiger charge is -2.28. The van der Waals surface area contributed by atoms with Crippen LogP contribution < -0.4 is 10.2 Å². The van der Waals surface area contributed by atoms with Gasteiger partial charge in [-0.2, -0.15) is 0 Å². The third-order valence-corrected chi connectivity index (χ3v) is 6.06. The minimum Gasteiger partial charge on any atom is -0.351 e. The van der Waals surface area contributed by atoms with Crippen molar-refractivity contribution in [2.45, 2.75) is 50.5 Å². The molecule has 146 valence electrons. The number of carbonyl (C=O) groups excluding carboxylic acids is 2. The Morgan fingerprint density at radius 2 is 1.68 bits per heavy atom. The van der Waals surface area contributed by atoms with Crippen molar-refractivity contribution < 1.29 is 14.0 Å². The molecule has 2 aromatic rings. The van der Waals surface area contributed by atoms with Crippen molar-refractivity contribution >= 4 is 17.5 Å². The Labute approximate surface area is 164 Å². The van der Waals surface area contributed by atoms with Gasteiger partial charge in [0.2, 0.25) is 11.8 Å². The van der Waals surface area contributed by atoms with E-state index >= 15 is 0 Å². The van der Waals surface area contributed by atoms with Crippen molar-refractivity contribution in [3.8, 4) is 0 Å². The van der Waals surface area contributed by atoms with E-state index in [1.807, 2.05) is 29.2 Å². The van der Waals surface area contributed by atoms with Crippen LogP contribution in [0.15, 0.2) is 48.5 Å². The van der Waals surface area contributed by atoms with Crippen LogP contribution in [-0.2, 0) is 21.5 Å². The second-order valence-electron chi connectivity index (χ2n) is 7.79. The molecule has 0 spiro atoms. The third kappa shape index (κ3) is 3.53. The number of carbonyl (C=O) groups is 2. The molecule has 1 N–H and O–H groups in total. The van der Waals surface area contributed by atoms with E-state index in [2.05, 4.69) is 5.32 Å². The van der Waals surface area contributed by atoms with Crippen LogP contribution in [0, 0.1) is 5.82 Å². The lowest BCUT2D eigenvalue weighted by molar-refractivity contribution is -0.126. The summed E-state index contributed by atoms with van der Waals surface area (Å²) in [6.07, 6.45) is 5.11. The molecule has 0 aromatic heterocycles. The molecule has 1 aliphatic heterocycles. The van der Waals surface area contributed by atoms with Crippen molar-refractivity contribution in [2.75, 3.05) is 11.4 Å². The van der Waals surface area contributed by atoms with Gasteiger partial charge < -0.3 is 10.2 Å². The number of amides is 2. The topological polar surface area (TPSA) is 49.4 Å². The molecule has 2 aliphatic rings. The SMILES string of the molecule is O=C1CCCN1c1ccc(CNC(=O)C2(c3ccc(F)cc3)CCCC2)cc1. The molecule has 0 atom stereocenters. The highest BCUT2D eigenvalue weighted by Crippen LogP contribution is 2.41. The molecule has 0 radical (unpaired) electrons. The molecule has 2 fully saturated rings. The third-order valence-electron chi connectivity index (χ3n) is 6.06. The van der Waals surface area contributed by atoms with Crippen LogP contribution in [0.3, 0.4) is 0 Å². The predicted molar refractivity (Wildman–Crippen MR) is 106 cm³/mol. The first-order valence-corrected chi connectivity index (χ1v) is 10.0. The highest BCUT2D eigenvalue weighted by molar-refractivity contribution is 5.95. The van der Waals surface area contributed by atoms with Crippen LogP contribution in [0.2, 0.25) is 0 Å². The van der Waals surface area contributed by atoms with Gasteiger partial charge in [0.1, 0.15) is 5.82 Å². The maximum absolute atomic E-state index is 13.3. The van der Waals surface area contributed by atoms with Crippen molar-refractivity contribution in [3.63, 3.8) is 0 Å². The van der Waals surface area contributed by atoms with Gasteiger partial charge in [0.15, 0.2) is 0 Å². The van der Waals surface area contributed by atoms with Crippen LogP contribution in [0.4, 0.5) is 10.1 Å². The summed E-state index contributed by atoms with van der Waals surface area (Å²) in [5, 5.41) is 3.08. The summed E-state index contributed by atoms with van der Waals surface area (Å²) in [5.41, 5.74) is 2.24. The zero-order valence-electron chi connectivity index (χ0n) is 15.9. The molecule has 1 heterocycles. The molecule has 4 nitrogen and oxygen atoms in total. The Balaban J connectivity index is 1.44. The lowest BCUT2D eigenvalue weighted by Crippen LogP contribution is -2.42. The fourth-order valence-electron chi connectivity index (χ4n) is 4.46. The van der Waals surface area contributed by atoms with Gasteiger partial charge in [-0.3, -0.25) is 9.59 Å². The maximum atomic E-state index is 13.3. The molecule has 5 heteroatoms. The highest BCUT2D eigenvalue weighted by atomic mass is 19.1. The average Bonchev–Trinajstić information content (AvgIpc) is 3.37. The molecule has 0 unspecified atom stereocenters. The Morgan fingerprint density at radius 3 is 2.29 bits per heavy atom. The van der Waals surface area contributed by atoms with Crippen molar-refractivity contribution in [1.29, 1.82) is 0 Å². The summed E-state index contributed by atoms with van der Waals surface area (Å²) in [6, 6.07) is 14.1. The van der Waals surface area contributed by atoms with Gasteiger partial charge in [-0.15, -0.1) is 0 Å². The number of halogens is 1. The van der Waals surface area contributed by atoms with Gasteiger partial charge in [0, 0.05) is 25.2 Å². The summed E-state index contributed by atoms with van der Waals surface area (Å²) < 4.78 is 13.3. The first-order chi connectivity index (χ1) is 13.6. The zero-order valence-corrected chi connectivity index (χ0v) is 15.9. The molecule has 1 saturated carbocycles. The second-order valence-corrected chi connectivity index (χ2v) is 7.79. The average molecular weight is 380 g/mol. The van der Waals surface area contributed by atoms with E-state index in [9.17, 15) is 14.0 Å².